The first kappa shape index (κ1) is 84.7. The molecule has 6 fully saturated rings. The smallest absolute Gasteiger partial charge is 0.472 e. The number of sulfonamides is 2. The Bertz CT molecular complexity index is 4200. The van der Waals surface area contributed by atoms with Crippen LogP contribution in [0.3, 0.4) is 0 Å². The first-order valence-corrected chi connectivity index (χ1v) is 40.3. The number of likely N-dealkylation sites (tertiary alicyclic amines) is 2. The molecule has 0 unspecified atom stereocenters. The van der Waals surface area contributed by atoms with E-state index in [9.17, 15) is 55.2 Å². The van der Waals surface area contributed by atoms with Crippen LogP contribution in [-0.4, -0.2) is 182 Å². The fourth-order valence-electron chi connectivity index (χ4n) is 13.4. The van der Waals surface area contributed by atoms with Crippen LogP contribution in [0.15, 0.2) is 86.2 Å². The molecule has 2 saturated heterocycles. The fourth-order valence-corrected chi connectivity index (χ4v) is 16.2. The summed E-state index contributed by atoms with van der Waals surface area (Å²) in [4.78, 5) is 120. The summed E-state index contributed by atoms with van der Waals surface area (Å²) in [5, 5.41) is 2.29. The molecule has 12 atom stereocenters. The van der Waals surface area contributed by atoms with Crippen molar-refractivity contribution >= 4 is 88.9 Å². The van der Waals surface area contributed by atoms with Crippen molar-refractivity contribution in [3.8, 4) is 11.8 Å². The monoisotopic (exact) mass is 1530 g/mol. The van der Waals surface area contributed by atoms with Crippen LogP contribution in [-0.2, 0) is 77.3 Å². The van der Waals surface area contributed by atoms with Crippen molar-refractivity contribution in [3.05, 3.63) is 97.4 Å². The maximum Gasteiger partial charge on any atom is 0.509 e. The number of Topliss-reactive ketones (excluding diaryl/α,β-unsaturated/α-hetero) is 2. The summed E-state index contributed by atoms with van der Waals surface area (Å²) in [7, 11) is -4.71. The van der Waals surface area contributed by atoms with Gasteiger partial charge in [0.15, 0.2) is 11.6 Å². The number of allylic oxidation sites excluding steroid dienone is 2. The molecule has 26 nitrogen and oxygen atoms in total. The number of aromatic nitrogens is 2. The number of pyridine rings is 2. The van der Waals surface area contributed by atoms with Gasteiger partial charge in [-0.3, -0.25) is 43.0 Å². The van der Waals surface area contributed by atoms with Crippen LogP contribution >= 0.6 is 0 Å². The second kappa shape index (κ2) is 34.3. The maximum absolute atomic E-state index is 14.4. The molecule has 4 saturated carbocycles. The third-order valence-corrected chi connectivity index (χ3v) is 25.7. The van der Waals surface area contributed by atoms with Crippen molar-refractivity contribution < 1.29 is 88.3 Å². The van der Waals surface area contributed by atoms with Gasteiger partial charge in [-0.15, -0.1) is 13.2 Å². The highest BCUT2D eigenvalue weighted by Crippen LogP contribution is 2.58. The molecule has 0 radical (unpaired) electrons. The number of nitrogens with one attached hydrogen (secondary N) is 2. The Hall–Kier alpha value is -7.92. The number of nitrogens with two attached hydrogens (primary N) is 1. The second-order valence-corrected chi connectivity index (χ2v) is 35.4. The zero-order valence-electron chi connectivity index (χ0n) is 64.7. The maximum atomic E-state index is 14.4. The fraction of sp³-hybridized carbons (Fsp3) is 0.620. The highest BCUT2D eigenvalue weighted by Gasteiger charge is 2.63. The van der Waals surface area contributed by atoms with Gasteiger partial charge in [0, 0.05) is 69.6 Å². The van der Waals surface area contributed by atoms with E-state index in [-0.39, 0.29) is 75.8 Å². The number of hydrogen-bond acceptors (Lipinski definition) is 22. The van der Waals surface area contributed by atoms with Crippen molar-refractivity contribution in [2.75, 3.05) is 33.9 Å². The number of ketones is 2. The average molecular weight is 1530 g/mol. The Morgan fingerprint density at radius 3 is 1.32 bits per heavy atom. The summed E-state index contributed by atoms with van der Waals surface area (Å²) in [5.74, 6) is -5.22. The number of fused-ring (bicyclic) bond motifs is 2. The molecular weight excluding hydrogens is 1420 g/mol. The first-order chi connectivity index (χ1) is 50.2. The van der Waals surface area contributed by atoms with Crippen molar-refractivity contribution in [3.63, 3.8) is 0 Å². The minimum atomic E-state index is -3.85. The summed E-state index contributed by atoms with van der Waals surface area (Å²) in [6.07, 6.45) is 7.63. The Morgan fingerprint density at radius 2 is 0.972 bits per heavy atom. The molecule has 2 aromatic carbocycles. The number of nitrogens with zero attached hydrogens (tertiary/aromatic N) is 4. The van der Waals surface area contributed by atoms with E-state index in [1.54, 1.807) is 52.2 Å². The lowest BCUT2D eigenvalue weighted by Gasteiger charge is -2.31. The van der Waals surface area contributed by atoms with Gasteiger partial charge in [0.05, 0.1) is 77.0 Å². The van der Waals surface area contributed by atoms with Gasteiger partial charge in [-0.05, 0) is 174 Å². The number of benzene rings is 2. The second-order valence-electron chi connectivity index (χ2n) is 31.5. The lowest BCUT2D eigenvalue weighted by Crippen LogP contribution is -2.49. The molecular formula is C79H111N7O19S2. The molecule has 6 aliphatic rings. The summed E-state index contributed by atoms with van der Waals surface area (Å²) in [5.41, 5.74) is 3.99. The van der Waals surface area contributed by atoms with Gasteiger partial charge in [-0.25, -0.2) is 31.6 Å². The molecule has 4 aromatic rings. The molecule has 107 heavy (non-hydrogen) atoms. The van der Waals surface area contributed by atoms with Crippen LogP contribution in [0, 0.1) is 48.3 Å². The molecule has 4 amide bonds. The van der Waals surface area contributed by atoms with Gasteiger partial charge < -0.3 is 48.7 Å². The van der Waals surface area contributed by atoms with E-state index in [4.69, 9.17) is 38.9 Å². The Kier molecular flexibility index (Phi) is 27.2. The lowest BCUT2D eigenvalue weighted by molar-refractivity contribution is -0.162. The number of carbonyl (C=O) groups is 8. The predicted molar refractivity (Wildman–Crippen MR) is 403 cm³/mol. The van der Waals surface area contributed by atoms with Gasteiger partial charge in [-0.1, -0.05) is 68.3 Å². The molecule has 588 valence electrons. The number of esters is 1. The Labute approximate surface area is 630 Å². The standard InChI is InChI=1S/C37H49N3O9S.C31H40N4O7S.C11H22O3/c1-8-25-19-37(25,35(44)39-50(45,46)27-11-12-27)20-31(41)30-17-26(48-33-28-13-10-22(3)16-24(28)14-15-38-33)21-40(30)34(43)29(23(4)47-7)18-32(42)49-36(5,6)9-2;1-5-21-14-31(21,30(38)34-43(39,40)23-7-8-23)15-27(36)26-13-22(17-35(26)29(37)25(16-32)19(3)41-4)42-28-24-9-6-18(2)12-20(24)10-11-33-28;1-7-10(3,4)13-9(12)14-11(5,6)8-2/h8,10,13-16,23,25-27,29-30H,1,9,11-12,17-21H2,2-7H3,(H,39,44);5-6,9-12,19,21-23,25-26H,1,7-8,13-17,32H2,2-4H3,(H,34,38);7-8H2,1-6H3/t23-,25+,26+,29-,30-,37+;19-,21+,22+,25-,26-,31+;/m00./s1. The lowest BCUT2D eigenvalue weighted by atomic mass is 9.90. The number of rotatable bonds is 33. The molecule has 4 heterocycles. The van der Waals surface area contributed by atoms with E-state index in [1.165, 1.54) is 24.0 Å². The Balaban J connectivity index is 0.000000231. The number of hydrogen-bond donors (Lipinski definition) is 3. The van der Waals surface area contributed by atoms with E-state index in [1.807, 2.05) is 111 Å². The van der Waals surface area contributed by atoms with Gasteiger partial charge in [0.2, 0.25) is 55.4 Å². The van der Waals surface area contributed by atoms with E-state index in [2.05, 4.69) is 32.6 Å². The zero-order valence-corrected chi connectivity index (χ0v) is 66.4. The summed E-state index contributed by atoms with van der Waals surface area (Å²) in [6.45, 7) is 32.0. The molecule has 4 N–H and O–H groups in total. The van der Waals surface area contributed by atoms with Crippen molar-refractivity contribution in [1.82, 2.24) is 29.2 Å². The minimum Gasteiger partial charge on any atom is -0.472 e. The molecule has 2 aromatic heterocycles. The molecule has 28 heteroatoms. The third kappa shape index (κ3) is 20.9. The van der Waals surface area contributed by atoms with Gasteiger partial charge in [0.25, 0.3) is 0 Å². The number of carbonyl (C=O) groups excluding carboxylic acids is 8. The van der Waals surface area contributed by atoms with Crippen LogP contribution in [0.25, 0.3) is 21.5 Å². The zero-order chi connectivity index (χ0) is 79.1. The molecule has 2 aliphatic heterocycles. The normalized spacial score (nSPS) is 23.8. The first-order valence-electron chi connectivity index (χ1n) is 37.2. The van der Waals surface area contributed by atoms with Crippen molar-refractivity contribution in [1.29, 1.82) is 0 Å². The van der Waals surface area contributed by atoms with Crippen LogP contribution in [0.2, 0.25) is 0 Å². The summed E-state index contributed by atoms with van der Waals surface area (Å²) < 4.78 is 94.5. The van der Waals surface area contributed by atoms with Crippen LogP contribution in [0.1, 0.15) is 177 Å². The minimum absolute atomic E-state index is 0.0156. The van der Waals surface area contributed by atoms with Crippen LogP contribution in [0.5, 0.6) is 11.8 Å². The van der Waals surface area contributed by atoms with E-state index < -0.39 is 148 Å². The average Bonchev–Trinajstić information content (AvgIpc) is 1.58. The summed E-state index contributed by atoms with van der Waals surface area (Å²) in [6, 6.07) is 13.6. The SMILES string of the molecule is C=C[C@@H]1C[C@]1(CC(=O)[C@@H]1C[C@@H](Oc2nccc3cc(C)ccc23)CN1C(=O)[C@@H](CC(=O)OC(C)(C)CC)[C@H](C)OC)C(=O)NS(=O)(=O)C1CC1.C=C[C@@H]1C[C@]1(CC(=O)[C@@H]1C[C@@H](Oc2nccc3cc(C)ccc23)CN1C(=O)[C@@H](CN)[C@H](C)OC)C(=O)NS(=O)(=O)C1CC1.CCC(C)(C)OC(=O)OC(C)(C)CC. The van der Waals surface area contributed by atoms with Crippen molar-refractivity contribution in [2.45, 2.75) is 244 Å². The number of methoxy groups -OCH3 is 2. The molecule has 0 bridgehead atoms. The number of amides is 4. The van der Waals surface area contributed by atoms with E-state index in [0.29, 0.717) is 50.3 Å². The highest BCUT2D eigenvalue weighted by molar-refractivity contribution is 7.91. The molecule has 0 spiro atoms. The van der Waals surface area contributed by atoms with Gasteiger partial charge in [0.1, 0.15) is 29.0 Å². The quantitative estimate of drug-likeness (QED) is 0.0295. The van der Waals surface area contributed by atoms with E-state index >= 15 is 0 Å². The van der Waals surface area contributed by atoms with E-state index in [0.717, 1.165) is 45.5 Å². The molecule has 4 aliphatic carbocycles. The number of aryl methyl sites for hydroxylation is 2. The van der Waals surface area contributed by atoms with Crippen LogP contribution < -0.4 is 24.7 Å². The van der Waals surface area contributed by atoms with Gasteiger partial charge >= 0.3 is 12.1 Å². The topological polar surface area (TPSA) is 352 Å². The Morgan fingerprint density at radius 1 is 0.598 bits per heavy atom. The molecule has 10 rings (SSSR count). The summed E-state index contributed by atoms with van der Waals surface area (Å²) >= 11 is 0. The predicted octanol–water partition coefficient (Wildman–Crippen LogP) is 10.2. The van der Waals surface area contributed by atoms with Crippen molar-refractivity contribution in [2.24, 2.45) is 40.2 Å². The highest BCUT2D eigenvalue weighted by atomic mass is 32.2. The third-order valence-electron chi connectivity index (χ3n) is 22.1. The number of ether oxygens (including phenoxy) is 7. The van der Waals surface area contributed by atoms with Gasteiger partial charge in [-0.2, -0.15) is 0 Å². The van der Waals surface area contributed by atoms with Crippen LogP contribution in [0.4, 0.5) is 4.79 Å². The largest absolute Gasteiger partial charge is 0.509 e.